The normalized spacial score (nSPS) is 16.9. The number of H-pyrrole nitrogens is 1. The zero-order valence-electron chi connectivity index (χ0n) is 20.7. The Morgan fingerprint density at radius 1 is 1.19 bits per heavy atom. The minimum atomic E-state index is -0.961. The molecule has 1 fully saturated rings. The number of carbonyl (C=O) groups excluding carboxylic acids is 1. The van der Waals surface area contributed by atoms with Gasteiger partial charge in [-0.15, -0.1) is 0 Å². The molecule has 8 heteroatoms. The minimum absolute atomic E-state index is 0. The summed E-state index contributed by atoms with van der Waals surface area (Å²) in [7, 11) is 0. The molecule has 5 rings (SSSR count). The third-order valence-corrected chi connectivity index (χ3v) is 7.56. The Labute approximate surface area is 217 Å². The van der Waals surface area contributed by atoms with Gasteiger partial charge in [0.2, 0.25) is 5.91 Å². The van der Waals surface area contributed by atoms with Gasteiger partial charge in [-0.05, 0) is 56.9 Å². The van der Waals surface area contributed by atoms with Gasteiger partial charge in [-0.2, -0.15) is 0 Å². The summed E-state index contributed by atoms with van der Waals surface area (Å²) in [6.07, 6.45) is 5.45. The van der Waals surface area contributed by atoms with E-state index < -0.39 is 17.5 Å². The molecule has 1 aliphatic carbocycles. The van der Waals surface area contributed by atoms with Crippen LogP contribution in [0.15, 0.2) is 42.6 Å². The molecule has 0 unspecified atom stereocenters. The number of aromatic carboxylic acids is 1. The molecule has 1 amide bonds. The van der Waals surface area contributed by atoms with Gasteiger partial charge in [0, 0.05) is 34.9 Å². The zero-order valence-corrected chi connectivity index (χ0v) is 20.7. The number of fused-ring (bicyclic) bond motifs is 3. The fraction of sp³-hybridized carbons (Fsp3) is 0.448. The number of hydrogen-bond acceptors (Lipinski definition) is 5. The summed E-state index contributed by atoms with van der Waals surface area (Å²) < 4.78 is 6.07. The van der Waals surface area contributed by atoms with E-state index in [1.807, 2.05) is 44.3 Å². The molecule has 1 aromatic heterocycles. The van der Waals surface area contributed by atoms with Crippen LogP contribution in [0.3, 0.4) is 0 Å². The molecule has 1 aliphatic heterocycles. The standard InChI is InChI=1S/C28H33N3O5.CH4/c1-27(2,13-17-14-29-24-19(17)7-5-8-20(24)25(33)34)30-15-18(32)16-36-22-10-6-9-21-23(22)28(26(35)31-21)11-3-4-12-28;/h5-10,14,18,29-30,32H,3-4,11-13,15-16H2,1-2H3,(H,31,35)(H,33,34);1H4/t18-;/m0./s1. The average molecular weight is 508 g/mol. The van der Waals surface area contributed by atoms with E-state index in [1.54, 1.807) is 12.1 Å². The molecule has 1 spiro atoms. The average Bonchev–Trinajstić information content (AvgIpc) is 3.56. The summed E-state index contributed by atoms with van der Waals surface area (Å²) in [5, 5.41) is 27.4. The molecule has 1 saturated carbocycles. The number of ether oxygens (including phenoxy) is 1. The molecule has 5 N–H and O–H groups in total. The molecule has 2 aliphatic rings. The summed E-state index contributed by atoms with van der Waals surface area (Å²) in [6.45, 7) is 4.53. The highest BCUT2D eigenvalue weighted by Gasteiger charge is 2.50. The van der Waals surface area contributed by atoms with Crippen molar-refractivity contribution in [2.24, 2.45) is 0 Å². The van der Waals surface area contributed by atoms with Crippen molar-refractivity contribution in [2.75, 3.05) is 18.5 Å². The van der Waals surface area contributed by atoms with E-state index >= 15 is 0 Å². The Balaban J connectivity index is 0.00000320. The highest BCUT2D eigenvalue weighted by atomic mass is 16.5. The van der Waals surface area contributed by atoms with Crippen molar-refractivity contribution in [1.82, 2.24) is 10.3 Å². The van der Waals surface area contributed by atoms with Crippen LogP contribution in [0.4, 0.5) is 5.69 Å². The van der Waals surface area contributed by atoms with Gasteiger partial charge in [-0.3, -0.25) is 4.79 Å². The van der Waals surface area contributed by atoms with Crippen molar-refractivity contribution < 1.29 is 24.5 Å². The molecule has 2 aromatic carbocycles. The third kappa shape index (κ3) is 4.95. The molecule has 0 radical (unpaired) electrons. The fourth-order valence-electron chi connectivity index (χ4n) is 5.77. The van der Waals surface area contributed by atoms with Crippen molar-refractivity contribution in [1.29, 1.82) is 0 Å². The second kappa shape index (κ2) is 10.2. The second-order valence-electron chi connectivity index (χ2n) is 10.7. The number of hydrogen-bond donors (Lipinski definition) is 5. The Bertz CT molecular complexity index is 1310. The van der Waals surface area contributed by atoms with E-state index in [2.05, 4.69) is 15.6 Å². The number of aromatic amines is 1. The maximum atomic E-state index is 12.8. The number of carboxylic acid groups (broad SMARTS) is 1. The lowest BCUT2D eigenvalue weighted by molar-refractivity contribution is -0.120. The van der Waals surface area contributed by atoms with Crippen LogP contribution in [0.25, 0.3) is 10.9 Å². The van der Waals surface area contributed by atoms with E-state index in [4.69, 9.17) is 4.74 Å². The predicted octanol–water partition coefficient (Wildman–Crippen LogP) is 4.62. The van der Waals surface area contributed by atoms with Gasteiger partial charge in [0.05, 0.1) is 16.5 Å². The Morgan fingerprint density at radius 3 is 2.65 bits per heavy atom. The number of aromatic nitrogens is 1. The maximum absolute atomic E-state index is 12.8. The van der Waals surface area contributed by atoms with Crippen LogP contribution >= 0.6 is 0 Å². The topological polar surface area (TPSA) is 124 Å². The first kappa shape index (κ1) is 26.7. The summed E-state index contributed by atoms with van der Waals surface area (Å²) in [6, 6.07) is 10.9. The number of aliphatic hydroxyl groups excluding tert-OH is 1. The van der Waals surface area contributed by atoms with Crippen molar-refractivity contribution in [3.8, 4) is 5.75 Å². The molecule has 0 saturated heterocycles. The third-order valence-electron chi connectivity index (χ3n) is 7.56. The molecule has 2 heterocycles. The number of amides is 1. The number of rotatable bonds is 9. The van der Waals surface area contributed by atoms with Crippen LogP contribution in [0.5, 0.6) is 5.75 Å². The molecule has 1 atom stereocenters. The van der Waals surface area contributed by atoms with E-state index in [0.717, 1.165) is 47.9 Å². The molecular weight excluding hydrogens is 470 g/mol. The Morgan fingerprint density at radius 2 is 1.92 bits per heavy atom. The van der Waals surface area contributed by atoms with E-state index in [9.17, 15) is 19.8 Å². The summed E-state index contributed by atoms with van der Waals surface area (Å²) in [4.78, 5) is 27.4. The molecule has 8 nitrogen and oxygen atoms in total. The van der Waals surface area contributed by atoms with Gasteiger partial charge in [-0.1, -0.05) is 38.5 Å². The fourth-order valence-corrected chi connectivity index (χ4v) is 5.77. The lowest BCUT2D eigenvalue weighted by Crippen LogP contribution is -2.46. The number of nitrogens with one attached hydrogen (secondary N) is 3. The van der Waals surface area contributed by atoms with Crippen LogP contribution < -0.4 is 15.4 Å². The Kier molecular flexibility index (Phi) is 7.35. The van der Waals surface area contributed by atoms with E-state index in [1.165, 1.54) is 0 Å². The van der Waals surface area contributed by atoms with Crippen LogP contribution in [0.2, 0.25) is 0 Å². The SMILES string of the molecule is C.CC(C)(Cc1c[nH]c2c(C(=O)O)cccc12)NC[C@H](O)COc1cccc2c1C1(CCCC1)C(=O)N2. The van der Waals surface area contributed by atoms with Crippen molar-refractivity contribution >= 4 is 28.5 Å². The number of aliphatic hydroxyl groups is 1. The molecule has 37 heavy (non-hydrogen) atoms. The number of carboxylic acids is 1. The van der Waals surface area contributed by atoms with Gasteiger partial charge in [-0.25, -0.2) is 4.79 Å². The first-order valence-corrected chi connectivity index (χ1v) is 12.5. The van der Waals surface area contributed by atoms with E-state index in [0.29, 0.717) is 24.2 Å². The van der Waals surface area contributed by atoms with E-state index in [-0.39, 0.29) is 31.0 Å². The quantitative estimate of drug-likeness (QED) is 0.288. The lowest BCUT2D eigenvalue weighted by Gasteiger charge is -2.28. The van der Waals surface area contributed by atoms with Crippen molar-refractivity contribution in [3.05, 3.63) is 59.3 Å². The van der Waals surface area contributed by atoms with Crippen molar-refractivity contribution in [3.63, 3.8) is 0 Å². The Hall–Kier alpha value is -3.36. The van der Waals surface area contributed by atoms with Crippen LogP contribution in [0, 0.1) is 0 Å². The summed E-state index contributed by atoms with van der Waals surface area (Å²) in [5.41, 5.74) is 2.78. The highest BCUT2D eigenvalue weighted by molar-refractivity contribution is 6.07. The zero-order chi connectivity index (χ0) is 25.5. The van der Waals surface area contributed by atoms with Gasteiger partial charge in [0.1, 0.15) is 18.5 Å². The second-order valence-corrected chi connectivity index (χ2v) is 10.7. The molecule has 198 valence electrons. The number of benzene rings is 2. The van der Waals surface area contributed by atoms with Crippen LogP contribution in [-0.4, -0.2) is 51.9 Å². The summed E-state index contributed by atoms with van der Waals surface area (Å²) >= 11 is 0. The van der Waals surface area contributed by atoms with Gasteiger partial charge in [0.15, 0.2) is 0 Å². The predicted molar refractivity (Wildman–Crippen MR) is 144 cm³/mol. The van der Waals surface area contributed by atoms with Crippen LogP contribution in [-0.2, 0) is 16.6 Å². The van der Waals surface area contributed by atoms with Gasteiger partial charge >= 0.3 is 5.97 Å². The maximum Gasteiger partial charge on any atom is 0.337 e. The summed E-state index contributed by atoms with van der Waals surface area (Å²) in [5.74, 6) is -0.237. The largest absolute Gasteiger partial charge is 0.490 e. The number of para-hydroxylation sites is 1. The van der Waals surface area contributed by atoms with Gasteiger partial charge in [0.25, 0.3) is 0 Å². The van der Waals surface area contributed by atoms with Crippen LogP contribution in [0.1, 0.15) is 68.4 Å². The molecular formula is C29H37N3O5. The van der Waals surface area contributed by atoms with Gasteiger partial charge < -0.3 is 30.6 Å². The lowest BCUT2D eigenvalue weighted by atomic mass is 9.79. The minimum Gasteiger partial charge on any atom is -0.490 e. The molecule has 3 aromatic rings. The monoisotopic (exact) mass is 507 g/mol. The molecule has 0 bridgehead atoms. The number of carbonyl (C=O) groups is 2. The first-order valence-electron chi connectivity index (χ1n) is 12.5. The number of anilines is 1. The highest BCUT2D eigenvalue weighted by Crippen LogP contribution is 2.52. The first-order chi connectivity index (χ1) is 17.2. The number of β-amino-alcohol motifs (C(OH)–C–C–N with tert-alkyl or cyclic N) is 1. The smallest absolute Gasteiger partial charge is 0.337 e. The van der Waals surface area contributed by atoms with Crippen molar-refractivity contribution in [2.45, 2.75) is 70.4 Å².